The number of hydrogen-bond acceptors (Lipinski definition) is 6. The Hall–Kier alpha value is -1.80. The SMILES string of the molecule is C=CCCCCOC(=O)[C@@H]1[C@H]2C(=O)N([C@@H](CO)C(C)C)C(C(=O)N(CC=C)C(C)C)C23CC[C@@]1(C)S3. The average molecular weight is 521 g/mol. The van der Waals surface area contributed by atoms with Crippen molar-refractivity contribution < 1.29 is 24.2 Å². The van der Waals surface area contributed by atoms with Crippen molar-refractivity contribution in [1.29, 1.82) is 0 Å². The summed E-state index contributed by atoms with van der Waals surface area (Å²) in [6.07, 6.45) is 7.47. The summed E-state index contributed by atoms with van der Waals surface area (Å²) in [6, 6.07) is -1.33. The quantitative estimate of drug-likeness (QED) is 0.226. The van der Waals surface area contributed by atoms with Gasteiger partial charge in [-0.1, -0.05) is 26.0 Å². The Morgan fingerprint density at radius 1 is 1.22 bits per heavy atom. The molecule has 3 saturated heterocycles. The van der Waals surface area contributed by atoms with E-state index in [-0.39, 0.29) is 36.4 Å². The standard InChI is InChI=1S/C28H44N2O5S/c1-8-10-11-12-16-35-26(34)22-21-24(32)30(20(17-31)18(3)4)23(25(33)29(15-9-2)19(5)6)28(21)14-13-27(22,7)36-28/h8-9,18-23,31H,1-2,10-17H2,3-7H3/t20-,21-,22-,23?,27+,28?/m0/s1. The molecule has 0 aliphatic carbocycles. The lowest BCUT2D eigenvalue weighted by Gasteiger charge is -2.41. The molecule has 1 spiro atoms. The number of unbranched alkanes of at least 4 members (excludes halogenated alkanes) is 2. The van der Waals surface area contributed by atoms with Gasteiger partial charge in [0, 0.05) is 17.3 Å². The molecule has 3 heterocycles. The minimum absolute atomic E-state index is 0.0515. The second kappa shape index (κ2) is 11.3. The van der Waals surface area contributed by atoms with E-state index in [1.165, 1.54) is 0 Å². The molecule has 3 aliphatic rings. The van der Waals surface area contributed by atoms with Crippen LogP contribution >= 0.6 is 11.8 Å². The summed E-state index contributed by atoms with van der Waals surface area (Å²) in [7, 11) is 0. The third kappa shape index (κ3) is 4.75. The first-order valence-corrected chi connectivity index (χ1v) is 14.1. The van der Waals surface area contributed by atoms with Crippen molar-refractivity contribution in [3.63, 3.8) is 0 Å². The van der Waals surface area contributed by atoms with Crippen molar-refractivity contribution in [3.05, 3.63) is 25.3 Å². The van der Waals surface area contributed by atoms with Gasteiger partial charge in [-0.2, -0.15) is 0 Å². The molecule has 6 atom stereocenters. The molecule has 7 nitrogen and oxygen atoms in total. The van der Waals surface area contributed by atoms with Crippen molar-refractivity contribution >= 4 is 29.5 Å². The number of likely N-dealkylation sites (tertiary alicyclic amines) is 1. The van der Waals surface area contributed by atoms with Gasteiger partial charge in [0.2, 0.25) is 11.8 Å². The summed E-state index contributed by atoms with van der Waals surface area (Å²) >= 11 is 1.63. The van der Waals surface area contributed by atoms with Crippen LogP contribution in [0.2, 0.25) is 0 Å². The van der Waals surface area contributed by atoms with Crippen molar-refractivity contribution in [2.45, 2.75) is 94.3 Å². The molecule has 2 amide bonds. The number of esters is 1. The molecule has 0 aromatic carbocycles. The van der Waals surface area contributed by atoms with Crippen LogP contribution in [0.3, 0.4) is 0 Å². The number of hydrogen-bond donors (Lipinski definition) is 1. The highest BCUT2D eigenvalue weighted by molar-refractivity contribution is 8.02. The smallest absolute Gasteiger partial charge is 0.311 e. The van der Waals surface area contributed by atoms with Gasteiger partial charge < -0.3 is 19.6 Å². The Bertz CT molecular complexity index is 876. The zero-order valence-corrected chi connectivity index (χ0v) is 23.4. The number of ether oxygens (including phenoxy) is 1. The van der Waals surface area contributed by atoms with E-state index in [0.717, 1.165) is 25.7 Å². The number of aliphatic hydroxyl groups excluding tert-OH is 1. The van der Waals surface area contributed by atoms with Crippen molar-refractivity contribution in [2.24, 2.45) is 17.8 Å². The van der Waals surface area contributed by atoms with Crippen LogP contribution in [0.1, 0.15) is 66.7 Å². The lowest BCUT2D eigenvalue weighted by molar-refractivity contribution is -0.156. The monoisotopic (exact) mass is 520 g/mol. The number of fused-ring (bicyclic) bond motifs is 1. The molecular weight excluding hydrogens is 476 g/mol. The Kier molecular flexibility index (Phi) is 9.03. The number of thioether (sulfide) groups is 1. The van der Waals surface area contributed by atoms with E-state index in [2.05, 4.69) is 13.2 Å². The van der Waals surface area contributed by atoms with Crippen LogP contribution in [-0.4, -0.2) is 80.1 Å². The molecule has 0 radical (unpaired) electrons. The Morgan fingerprint density at radius 2 is 1.92 bits per heavy atom. The highest BCUT2D eigenvalue weighted by atomic mass is 32.2. The molecule has 3 aliphatic heterocycles. The fraction of sp³-hybridized carbons (Fsp3) is 0.750. The van der Waals surface area contributed by atoms with E-state index in [9.17, 15) is 19.5 Å². The lowest BCUT2D eigenvalue weighted by Crippen LogP contribution is -2.59. The molecule has 2 unspecified atom stereocenters. The number of aliphatic hydroxyl groups is 1. The summed E-state index contributed by atoms with van der Waals surface area (Å²) in [6.45, 7) is 17.9. The molecule has 3 fully saturated rings. The Labute approximate surface area is 220 Å². The lowest BCUT2D eigenvalue weighted by atomic mass is 9.66. The van der Waals surface area contributed by atoms with E-state index >= 15 is 0 Å². The van der Waals surface area contributed by atoms with E-state index in [4.69, 9.17) is 4.74 Å². The summed E-state index contributed by atoms with van der Waals surface area (Å²) < 4.78 is 4.54. The fourth-order valence-electron chi connectivity index (χ4n) is 6.48. The van der Waals surface area contributed by atoms with Crippen LogP contribution in [0.15, 0.2) is 25.3 Å². The number of rotatable bonds is 13. The van der Waals surface area contributed by atoms with Gasteiger partial charge in [0.1, 0.15) is 6.04 Å². The molecule has 0 aromatic heterocycles. The van der Waals surface area contributed by atoms with Crippen molar-refractivity contribution in [2.75, 3.05) is 19.8 Å². The van der Waals surface area contributed by atoms with Gasteiger partial charge in [0.15, 0.2) is 0 Å². The third-order valence-corrected chi connectivity index (χ3v) is 10.3. The van der Waals surface area contributed by atoms with Crippen LogP contribution < -0.4 is 0 Å². The summed E-state index contributed by atoms with van der Waals surface area (Å²) in [5.41, 5.74) is 0. The van der Waals surface area contributed by atoms with E-state index in [0.29, 0.717) is 19.6 Å². The number of nitrogens with zero attached hydrogens (tertiary/aromatic N) is 2. The van der Waals surface area contributed by atoms with Gasteiger partial charge in [-0.15, -0.1) is 24.9 Å². The first-order chi connectivity index (χ1) is 17.0. The molecule has 0 aromatic rings. The fourth-order valence-corrected chi connectivity index (χ4v) is 8.81. The van der Waals surface area contributed by atoms with Crippen LogP contribution in [0.4, 0.5) is 0 Å². The van der Waals surface area contributed by atoms with Gasteiger partial charge in [-0.05, 0) is 58.8 Å². The molecule has 8 heteroatoms. The molecule has 36 heavy (non-hydrogen) atoms. The number of amides is 2. The molecule has 0 saturated carbocycles. The predicted octanol–water partition coefficient (Wildman–Crippen LogP) is 3.81. The van der Waals surface area contributed by atoms with Gasteiger partial charge >= 0.3 is 5.97 Å². The van der Waals surface area contributed by atoms with E-state index in [1.807, 2.05) is 40.7 Å². The minimum atomic E-state index is -0.742. The zero-order valence-electron chi connectivity index (χ0n) is 22.6. The first kappa shape index (κ1) is 28.8. The topological polar surface area (TPSA) is 87.1 Å². The highest BCUT2D eigenvalue weighted by Gasteiger charge is 2.78. The minimum Gasteiger partial charge on any atom is -0.465 e. The second-order valence-corrected chi connectivity index (χ2v) is 13.2. The largest absolute Gasteiger partial charge is 0.465 e. The number of carbonyl (C=O) groups is 3. The van der Waals surface area contributed by atoms with Crippen LogP contribution in [-0.2, 0) is 19.1 Å². The van der Waals surface area contributed by atoms with Crippen molar-refractivity contribution in [1.82, 2.24) is 9.80 Å². The van der Waals surface area contributed by atoms with Gasteiger partial charge in [0.25, 0.3) is 0 Å². The van der Waals surface area contributed by atoms with Crippen LogP contribution in [0.25, 0.3) is 0 Å². The third-order valence-electron chi connectivity index (χ3n) is 8.30. The summed E-state index contributed by atoms with van der Waals surface area (Å²) in [4.78, 5) is 45.3. The molecule has 3 rings (SSSR count). The van der Waals surface area contributed by atoms with Crippen molar-refractivity contribution in [3.8, 4) is 0 Å². The first-order valence-electron chi connectivity index (χ1n) is 13.3. The predicted molar refractivity (Wildman–Crippen MR) is 143 cm³/mol. The van der Waals surface area contributed by atoms with E-state index < -0.39 is 33.4 Å². The zero-order chi connectivity index (χ0) is 26.8. The summed E-state index contributed by atoms with van der Waals surface area (Å²) in [5, 5.41) is 10.3. The van der Waals surface area contributed by atoms with Crippen LogP contribution in [0.5, 0.6) is 0 Å². The average Bonchev–Trinajstić information content (AvgIpc) is 3.38. The molecule has 2 bridgehead atoms. The number of carbonyl (C=O) groups excluding carboxylic acids is 3. The maximum absolute atomic E-state index is 14.2. The van der Waals surface area contributed by atoms with Gasteiger partial charge in [0.05, 0.1) is 35.8 Å². The maximum Gasteiger partial charge on any atom is 0.311 e. The molecule has 202 valence electrons. The maximum atomic E-state index is 14.2. The highest BCUT2D eigenvalue weighted by Crippen LogP contribution is 2.72. The van der Waals surface area contributed by atoms with E-state index in [1.54, 1.807) is 27.6 Å². The van der Waals surface area contributed by atoms with Crippen LogP contribution in [0, 0.1) is 17.8 Å². The normalized spacial score (nSPS) is 31.6. The second-order valence-electron chi connectivity index (χ2n) is 11.3. The van der Waals surface area contributed by atoms with Gasteiger partial charge in [-0.25, -0.2) is 0 Å². The molecule has 1 N–H and O–H groups in total. The van der Waals surface area contributed by atoms with Gasteiger partial charge in [-0.3, -0.25) is 14.4 Å². The Morgan fingerprint density at radius 3 is 2.47 bits per heavy atom. The summed E-state index contributed by atoms with van der Waals surface area (Å²) in [5.74, 6) is -1.97. The number of allylic oxidation sites excluding steroid dienone is 1. The molecular formula is C28H44N2O5S. The Balaban J connectivity index is 2.02.